The number of carbonyl (C=O) groups is 1. The summed E-state index contributed by atoms with van der Waals surface area (Å²) in [6, 6.07) is 12.7. The SMILES string of the molecule is COc1ccc(CN(C)C(=O)COc2ccccc2OC)c(OC)c1. The van der Waals surface area contributed by atoms with Gasteiger partial charge in [-0.15, -0.1) is 0 Å². The van der Waals surface area contributed by atoms with E-state index in [-0.39, 0.29) is 12.5 Å². The molecule has 0 heterocycles. The third kappa shape index (κ3) is 4.79. The minimum Gasteiger partial charge on any atom is -0.497 e. The normalized spacial score (nSPS) is 10.1. The number of methoxy groups -OCH3 is 3. The number of rotatable bonds is 8. The van der Waals surface area contributed by atoms with Crippen molar-refractivity contribution in [3.8, 4) is 23.0 Å². The summed E-state index contributed by atoms with van der Waals surface area (Å²) in [4.78, 5) is 13.9. The lowest BCUT2D eigenvalue weighted by atomic mass is 10.2. The molecule has 0 radical (unpaired) electrons. The molecule has 2 aromatic rings. The predicted molar refractivity (Wildman–Crippen MR) is 94.5 cm³/mol. The Hall–Kier alpha value is -2.89. The number of carbonyl (C=O) groups excluding carboxylic acids is 1. The van der Waals surface area contributed by atoms with Crippen LogP contribution in [0.4, 0.5) is 0 Å². The van der Waals surface area contributed by atoms with Gasteiger partial charge in [-0.2, -0.15) is 0 Å². The van der Waals surface area contributed by atoms with Gasteiger partial charge in [-0.3, -0.25) is 4.79 Å². The molecular weight excluding hydrogens is 322 g/mol. The van der Waals surface area contributed by atoms with Crippen molar-refractivity contribution in [1.82, 2.24) is 4.90 Å². The molecule has 2 aromatic carbocycles. The minimum absolute atomic E-state index is 0.0741. The fourth-order valence-corrected chi connectivity index (χ4v) is 2.31. The van der Waals surface area contributed by atoms with Gasteiger partial charge >= 0.3 is 0 Å². The molecule has 0 N–H and O–H groups in total. The number of ether oxygens (including phenoxy) is 4. The summed E-state index contributed by atoms with van der Waals surface area (Å²) in [5.74, 6) is 2.35. The largest absolute Gasteiger partial charge is 0.497 e. The van der Waals surface area contributed by atoms with Gasteiger partial charge in [-0.05, 0) is 24.3 Å². The summed E-state index contributed by atoms with van der Waals surface area (Å²) in [5.41, 5.74) is 0.886. The number of amides is 1. The molecule has 134 valence electrons. The van der Waals surface area contributed by atoms with E-state index in [0.29, 0.717) is 29.5 Å². The first kappa shape index (κ1) is 18.4. The Balaban J connectivity index is 1.98. The second-order valence-corrected chi connectivity index (χ2v) is 5.37. The van der Waals surface area contributed by atoms with Gasteiger partial charge in [0.05, 0.1) is 21.3 Å². The third-order valence-electron chi connectivity index (χ3n) is 3.75. The first-order chi connectivity index (χ1) is 12.1. The number of benzene rings is 2. The number of hydrogen-bond acceptors (Lipinski definition) is 5. The smallest absolute Gasteiger partial charge is 0.260 e. The van der Waals surface area contributed by atoms with Crippen molar-refractivity contribution < 1.29 is 23.7 Å². The van der Waals surface area contributed by atoms with E-state index in [0.717, 1.165) is 5.56 Å². The average molecular weight is 345 g/mol. The molecule has 0 fully saturated rings. The Morgan fingerprint density at radius 2 is 1.60 bits per heavy atom. The molecule has 0 aromatic heterocycles. The van der Waals surface area contributed by atoms with Gasteiger partial charge in [0.2, 0.25) is 0 Å². The number of nitrogens with zero attached hydrogens (tertiary/aromatic N) is 1. The highest BCUT2D eigenvalue weighted by Gasteiger charge is 2.14. The highest BCUT2D eigenvalue weighted by molar-refractivity contribution is 5.77. The van der Waals surface area contributed by atoms with E-state index < -0.39 is 0 Å². The van der Waals surface area contributed by atoms with Gasteiger partial charge in [0, 0.05) is 25.2 Å². The van der Waals surface area contributed by atoms with Crippen LogP contribution in [0.2, 0.25) is 0 Å². The van der Waals surface area contributed by atoms with Crippen molar-refractivity contribution in [3.05, 3.63) is 48.0 Å². The number of hydrogen-bond donors (Lipinski definition) is 0. The summed E-state index contributed by atoms with van der Waals surface area (Å²) in [6.45, 7) is 0.330. The summed E-state index contributed by atoms with van der Waals surface area (Å²) in [6.07, 6.45) is 0. The Morgan fingerprint density at radius 1 is 0.920 bits per heavy atom. The van der Waals surface area contributed by atoms with Crippen molar-refractivity contribution in [2.45, 2.75) is 6.54 Å². The van der Waals surface area contributed by atoms with Crippen molar-refractivity contribution in [3.63, 3.8) is 0 Å². The number of likely N-dealkylation sites (N-methyl/N-ethyl adjacent to an activating group) is 1. The maximum Gasteiger partial charge on any atom is 0.260 e. The first-order valence-electron chi connectivity index (χ1n) is 7.79. The van der Waals surface area contributed by atoms with Crippen LogP contribution in [0.25, 0.3) is 0 Å². The molecule has 0 aliphatic carbocycles. The topological polar surface area (TPSA) is 57.2 Å². The average Bonchev–Trinajstić information content (AvgIpc) is 2.66. The Bertz CT molecular complexity index is 717. The molecule has 0 bridgehead atoms. The second kappa shape index (κ2) is 8.82. The van der Waals surface area contributed by atoms with E-state index in [2.05, 4.69) is 0 Å². The summed E-state index contributed by atoms with van der Waals surface area (Å²) < 4.78 is 21.3. The summed E-state index contributed by atoms with van der Waals surface area (Å²) in [5, 5.41) is 0. The quantitative estimate of drug-likeness (QED) is 0.736. The lowest BCUT2D eigenvalue weighted by molar-refractivity contribution is -0.132. The lowest BCUT2D eigenvalue weighted by Gasteiger charge is -2.20. The molecular formula is C19H23NO5. The van der Waals surface area contributed by atoms with Gasteiger partial charge < -0.3 is 23.8 Å². The van der Waals surface area contributed by atoms with E-state index >= 15 is 0 Å². The van der Waals surface area contributed by atoms with Crippen LogP contribution in [0.5, 0.6) is 23.0 Å². The maximum absolute atomic E-state index is 12.3. The number of para-hydroxylation sites is 2. The summed E-state index contributed by atoms with van der Waals surface area (Å²) in [7, 11) is 6.47. The van der Waals surface area contributed by atoms with Crippen LogP contribution >= 0.6 is 0 Å². The molecule has 6 nitrogen and oxygen atoms in total. The zero-order valence-corrected chi connectivity index (χ0v) is 14.9. The van der Waals surface area contributed by atoms with Gasteiger partial charge in [-0.1, -0.05) is 12.1 Å². The first-order valence-corrected chi connectivity index (χ1v) is 7.79. The summed E-state index contributed by atoms with van der Waals surface area (Å²) >= 11 is 0. The third-order valence-corrected chi connectivity index (χ3v) is 3.75. The van der Waals surface area contributed by atoms with Crippen molar-refractivity contribution in [2.75, 3.05) is 35.0 Å². The van der Waals surface area contributed by atoms with Crippen LogP contribution < -0.4 is 18.9 Å². The molecule has 0 atom stereocenters. The van der Waals surface area contributed by atoms with Gasteiger partial charge in [0.25, 0.3) is 5.91 Å². The van der Waals surface area contributed by atoms with E-state index in [1.165, 1.54) is 0 Å². The van der Waals surface area contributed by atoms with Crippen molar-refractivity contribution in [2.24, 2.45) is 0 Å². The zero-order chi connectivity index (χ0) is 18.2. The molecule has 0 unspecified atom stereocenters. The molecule has 2 rings (SSSR count). The van der Waals surface area contributed by atoms with Crippen molar-refractivity contribution >= 4 is 5.91 Å². The van der Waals surface area contributed by atoms with Gasteiger partial charge in [0.15, 0.2) is 18.1 Å². The van der Waals surface area contributed by atoms with E-state index in [1.54, 1.807) is 51.5 Å². The van der Waals surface area contributed by atoms with Crippen LogP contribution in [-0.2, 0) is 11.3 Å². The standard InChI is InChI=1S/C19H23NO5/c1-20(12-14-9-10-15(22-2)11-18(14)24-4)19(21)13-25-17-8-6-5-7-16(17)23-3/h5-11H,12-13H2,1-4H3. The highest BCUT2D eigenvalue weighted by atomic mass is 16.5. The predicted octanol–water partition coefficient (Wildman–Crippen LogP) is 2.75. The molecule has 0 saturated heterocycles. The molecule has 6 heteroatoms. The minimum atomic E-state index is -0.149. The fourth-order valence-electron chi connectivity index (χ4n) is 2.31. The van der Waals surface area contributed by atoms with Crippen LogP contribution in [0.15, 0.2) is 42.5 Å². The van der Waals surface area contributed by atoms with E-state index in [4.69, 9.17) is 18.9 Å². The monoisotopic (exact) mass is 345 g/mol. The Morgan fingerprint density at radius 3 is 2.24 bits per heavy atom. The molecule has 0 aliphatic rings. The highest BCUT2D eigenvalue weighted by Crippen LogP contribution is 2.27. The Labute approximate surface area is 147 Å². The van der Waals surface area contributed by atoms with Crippen LogP contribution in [-0.4, -0.2) is 45.8 Å². The van der Waals surface area contributed by atoms with Crippen LogP contribution in [0.1, 0.15) is 5.56 Å². The van der Waals surface area contributed by atoms with Gasteiger partial charge in [-0.25, -0.2) is 0 Å². The van der Waals surface area contributed by atoms with Crippen LogP contribution in [0.3, 0.4) is 0 Å². The maximum atomic E-state index is 12.3. The lowest BCUT2D eigenvalue weighted by Crippen LogP contribution is -2.31. The Kier molecular flexibility index (Phi) is 6.51. The van der Waals surface area contributed by atoms with Gasteiger partial charge in [0.1, 0.15) is 11.5 Å². The molecule has 1 amide bonds. The second-order valence-electron chi connectivity index (χ2n) is 5.37. The zero-order valence-electron chi connectivity index (χ0n) is 14.9. The molecule has 0 saturated carbocycles. The van der Waals surface area contributed by atoms with E-state index in [9.17, 15) is 4.79 Å². The molecule has 0 spiro atoms. The van der Waals surface area contributed by atoms with Crippen molar-refractivity contribution in [1.29, 1.82) is 0 Å². The molecule has 25 heavy (non-hydrogen) atoms. The molecule has 0 aliphatic heterocycles. The van der Waals surface area contributed by atoms with E-state index in [1.807, 2.05) is 24.3 Å². The van der Waals surface area contributed by atoms with Crippen LogP contribution in [0, 0.1) is 0 Å². The fraction of sp³-hybridized carbons (Fsp3) is 0.316.